The summed E-state index contributed by atoms with van der Waals surface area (Å²) < 4.78 is 10.1. The molecule has 0 aliphatic carbocycles. The first-order valence-corrected chi connectivity index (χ1v) is 4.12. The summed E-state index contributed by atoms with van der Waals surface area (Å²) >= 11 is 0. The van der Waals surface area contributed by atoms with Gasteiger partial charge in [-0.2, -0.15) is 0 Å². The van der Waals surface area contributed by atoms with E-state index in [0.717, 1.165) is 0 Å². The molecule has 4 heteroatoms. The second kappa shape index (κ2) is 3.70. The van der Waals surface area contributed by atoms with E-state index in [-0.39, 0.29) is 18.1 Å². The molecule has 4 nitrogen and oxygen atoms in total. The highest BCUT2D eigenvalue weighted by molar-refractivity contribution is 4.85. The second-order valence-electron chi connectivity index (χ2n) is 3.28. The lowest BCUT2D eigenvalue weighted by Gasteiger charge is -2.39. The Labute approximate surface area is 72.1 Å². The monoisotopic (exact) mass is 176 g/mol. The average molecular weight is 176 g/mol. The fraction of sp³-hybridized carbons (Fsp3) is 1.00. The Kier molecular flexibility index (Phi) is 3.06. The Balaban J connectivity index is 2.67. The Bertz CT molecular complexity index is 136. The molecule has 1 fully saturated rings. The summed E-state index contributed by atoms with van der Waals surface area (Å²) in [4.78, 5) is 0. The van der Waals surface area contributed by atoms with Crippen molar-refractivity contribution in [1.82, 2.24) is 0 Å². The topological polar surface area (TPSA) is 58.9 Å². The molecule has 0 amide bonds. The number of aliphatic hydroxyl groups excluding tert-OH is 2. The van der Waals surface area contributed by atoms with Crippen LogP contribution in [-0.2, 0) is 9.47 Å². The van der Waals surface area contributed by atoms with E-state index in [4.69, 9.17) is 9.47 Å². The van der Waals surface area contributed by atoms with Crippen LogP contribution in [0.25, 0.3) is 0 Å². The minimum Gasteiger partial charge on any atom is -0.385 e. The van der Waals surface area contributed by atoms with Crippen LogP contribution >= 0.6 is 0 Å². The van der Waals surface area contributed by atoms with Gasteiger partial charge < -0.3 is 19.7 Å². The van der Waals surface area contributed by atoms with Crippen LogP contribution in [0.4, 0.5) is 0 Å². The predicted octanol–water partition coefficient (Wildman–Crippen LogP) is -0.264. The first kappa shape index (κ1) is 9.92. The number of hydrogen-bond acceptors (Lipinski definition) is 4. The van der Waals surface area contributed by atoms with E-state index in [2.05, 4.69) is 0 Å². The van der Waals surface area contributed by atoms with Crippen molar-refractivity contribution in [1.29, 1.82) is 0 Å². The Hall–Kier alpha value is -0.160. The SMILES string of the molecule is COC1C(C)C(C)OC(O)C1O. The number of aliphatic hydroxyl groups is 2. The van der Waals surface area contributed by atoms with Gasteiger partial charge in [-0.1, -0.05) is 6.92 Å². The number of ether oxygens (including phenoxy) is 2. The van der Waals surface area contributed by atoms with Crippen LogP contribution in [0, 0.1) is 5.92 Å². The number of methoxy groups -OCH3 is 1. The summed E-state index contributed by atoms with van der Waals surface area (Å²) in [6.45, 7) is 3.78. The highest BCUT2D eigenvalue weighted by atomic mass is 16.6. The number of rotatable bonds is 1. The maximum Gasteiger partial charge on any atom is 0.183 e. The van der Waals surface area contributed by atoms with Gasteiger partial charge in [0.1, 0.15) is 6.10 Å². The van der Waals surface area contributed by atoms with E-state index in [1.165, 1.54) is 7.11 Å². The van der Waals surface area contributed by atoms with E-state index in [1.54, 1.807) is 0 Å². The molecule has 5 atom stereocenters. The Morgan fingerprint density at radius 1 is 1.25 bits per heavy atom. The molecule has 0 bridgehead atoms. The zero-order valence-corrected chi connectivity index (χ0v) is 7.60. The van der Waals surface area contributed by atoms with Gasteiger partial charge in [-0.05, 0) is 6.92 Å². The minimum atomic E-state index is -1.12. The van der Waals surface area contributed by atoms with Crippen molar-refractivity contribution in [3.05, 3.63) is 0 Å². The molecule has 0 saturated carbocycles. The third-order valence-corrected chi connectivity index (χ3v) is 2.51. The Morgan fingerprint density at radius 2 is 1.83 bits per heavy atom. The van der Waals surface area contributed by atoms with E-state index in [1.807, 2.05) is 13.8 Å². The first-order valence-electron chi connectivity index (χ1n) is 4.12. The molecule has 72 valence electrons. The zero-order chi connectivity index (χ0) is 9.30. The molecular weight excluding hydrogens is 160 g/mol. The van der Waals surface area contributed by atoms with Crippen molar-refractivity contribution in [2.24, 2.45) is 5.92 Å². The fourth-order valence-electron chi connectivity index (χ4n) is 1.52. The summed E-state index contributed by atoms with van der Waals surface area (Å²) in [5.41, 5.74) is 0. The lowest BCUT2D eigenvalue weighted by Crippen LogP contribution is -2.53. The molecule has 2 N–H and O–H groups in total. The molecule has 0 aromatic rings. The van der Waals surface area contributed by atoms with Gasteiger partial charge >= 0.3 is 0 Å². The molecule has 1 aliphatic heterocycles. The molecule has 0 aromatic carbocycles. The van der Waals surface area contributed by atoms with Crippen molar-refractivity contribution in [2.75, 3.05) is 7.11 Å². The highest BCUT2D eigenvalue weighted by Crippen LogP contribution is 2.26. The highest BCUT2D eigenvalue weighted by Gasteiger charge is 2.40. The van der Waals surface area contributed by atoms with Crippen LogP contribution in [-0.4, -0.2) is 41.9 Å². The van der Waals surface area contributed by atoms with Gasteiger partial charge in [-0.15, -0.1) is 0 Å². The smallest absolute Gasteiger partial charge is 0.183 e. The third-order valence-electron chi connectivity index (χ3n) is 2.51. The summed E-state index contributed by atoms with van der Waals surface area (Å²) in [6.07, 6.45) is -2.50. The Morgan fingerprint density at radius 3 is 2.33 bits per heavy atom. The quantitative estimate of drug-likeness (QED) is 0.577. The third kappa shape index (κ3) is 1.61. The molecule has 0 spiro atoms. The summed E-state index contributed by atoms with van der Waals surface area (Å²) in [7, 11) is 1.52. The van der Waals surface area contributed by atoms with Crippen molar-refractivity contribution in [3.63, 3.8) is 0 Å². The molecule has 1 rings (SSSR count). The molecule has 1 heterocycles. The van der Waals surface area contributed by atoms with Crippen LogP contribution in [0.3, 0.4) is 0 Å². The van der Waals surface area contributed by atoms with E-state index in [9.17, 15) is 10.2 Å². The molecule has 0 radical (unpaired) electrons. The van der Waals surface area contributed by atoms with Crippen molar-refractivity contribution in [3.8, 4) is 0 Å². The average Bonchev–Trinajstić information content (AvgIpc) is 2.02. The van der Waals surface area contributed by atoms with Crippen molar-refractivity contribution < 1.29 is 19.7 Å². The molecule has 1 aliphatic rings. The van der Waals surface area contributed by atoms with E-state index < -0.39 is 12.4 Å². The van der Waals surface area contributed by atoms with Gasteiger partial charge in [0, 0.05) is 13.0 Å². The van der Waals surface area contributed by atoms with Gasteiger partial charge in [0.2, 0.25) is 0 Å². The predicted molar refractivity (Wildman–Crippen MR) is 42.5 cm³/mol. The number of hydrogen-bond donors (Lipinski definition) is 2. The van der Waals surface area contributed by atoms with E-state index in [0.29, 0.717) is 0 Å². The molecule has 1 saturated heterocycles. The van der Waals surface area contributed by atoms with Crippen LogP contribution in [0.1, 0.15) is 13.8 Å². The molecular formula is C8H16O4. The molecule has 0 aromatic heterocycles. The standard InChI is InChI=1S/C8H16O4/c1-4-5(2)12-8(10)6(9)7(4)11-3/h4-10H,1-3H3. The lowest BCUT2D eigenvalue weighted by molar-refractivity contribution is -0.266. The van der Waals surface area contributed by atoms with Crippen molar-refractivity contribution >= 4 is 0 Å². The van der Waals surface area contributed by atoms with Gasteiger partial charge in [0.15, 0.2) is 6.29 Å². The van der Waals surface area contributed by atoms with Crippen LogP contribution < -0.4 is 0 Å². The zero-order valence-electron chi connectivity index (χ0n) is 7.60. The van der Waals surface area contributed by atoms with Crippen LogP contribution in [0.15, 0.2) is 0 Å². The van der Waals surface area contributed by atoms with Gasteiger partial charge in [0.05, 0.1) is 12.2 Å². The second-order valence-corrected chi connectivity index (χ2v) is 3.28. The largest absolute Gasteiger partial charge is 0.385 e. The van der Waals surface area contributed by atoms with Gasteiger partial charge in [-0.3, -0.25) is 0 Å². The normalized spacial score (nSPS) is 49.2. The van der Waals surface area contributed by atoms with Crippen LogP contribution in [0.5, 0.6) is 0 Å². The maximum absolute atomic E-state index is 9.43. The summed E-state index contributed by atoms with van der Waals surface area (Å²) in [6, 6.07) is 0. The van der Waals surface area contributed by atoms with Gasteiger partial charge in [-0.25, -0.2) is 0 Å². The molecule has 12 heavy (non-hydrogen) atoms. The maximum atomic E-state index is 9.43. The lowest BCUT2D eigenvalue weighted by atomic mass is 9.91. The summed E-state index contributed by atoms with van der Waals surface area (Å²) in [5, 5.41) is 18.6. The van der Waals surface area contributed by atoms with Crippen molar-refractivity contribution in [2.45, 2.75) is 38.4 Å². The van der Waals surface area contributed by atoms with Crippen LogP contribution in [0.2, 0.25) is 0 Å². The first-order chi connectivity index (χ1) is 5.57. The molecule has 5 unspecified atom stereocenters. The fourth-order valence-corrected chi connectivity index (χ4v) is 1.52. The van der Waals surface area contributed by atoms with Gasteiger partial charge in [0.25, 0.3) is 0 Å². The summed E-state index contributed by atoms with van der Waals surface area (Å²) in [5.74, 6) is 0.0911. The van der Waals surface area contributed by atoms with E-state index >= 15 is 0 Å². The minimum absolute atomic E-state index is 0.0895.